The van der Waals surface area contributed by atoms with Gasteiger partial charge in [0.1, 0.15) is 5.69 Å². The molecule has 0 N–H and O–H groups in total. The lowest BCUT2D eigenvalue weighted by atomic mass is 10.1. The van der Waals surface area contributed by atoms with Crippen LogP contribution in [0.15, 0.2) is 60.2 Å². The molecule has 1 rings (SSSR count). The molecule has 0 spiro atoms. The van der Waals surface area contributed by atoms with E-state index in [0.29, 0.717) is 0 Å². The minimum absolute atomic E-state index is 0.724. The average Bonchev–Trinajstić information content (AvgIpc) is 2.42. The van der Waals surface area contributed by atoms with Crippen molar-refractivity contribution in [2.45, 2.75) is 13.8 Å². The molecule has 106 valence electrons. The van der Waals surface area contributed by atoms with Crippen molar-refractivity contribution in [3.05, 3.63) is 66.4 Å². The third kappa shape index (κ3) is 4.09. The van der Waals surface area contributed by atoms with Gasteiger partial charge in [0.25, 0.3) is 0 Å². The lowest BCUT2D eigenvalue weighted by Crippen LogP contribution is -2.23. The van der Waals surface area contributed by atoms with E-state index in [4.69, 9.17) is 4.74 Å². The summed E-state index contributed by atoms with van der Waals surface area (Å²) in [6.07, 6.45) is 9.11. The zero-order valence-corrected chi connectivity index (χ0v) is 12.6. The average molecular weight is 271 g/mol. The Balaban J connectivity index is 3.48. The summed E-state index contributed by atoms with van der Waals surface area (Å²) in [5, 5.41) is 0. The minimum Gasteiger partial charge on any atom is -0.501 e. The zero-order valence-electron chi connectivity index (χ0n) is 12.6. The van der Waals surface area contributed by atoms with Crippen molar-refractivity contribution in [3.63, 3.8) is 0 Å². The van der Waals surface area contributed by atoms with Gasteiger partial charge in [0.15, 0.2) is 5.49 Å². The Morgan fingerprint density at radius 3 is 2.65 bits per heavy atom. The Kier molecular flexibility index (Phi) is 5.72. The summed E-state index contributed by atoms with van der Waals surface area (Å²) < 4.78 is 7.02. The molecule has 0 fully saturated rings. The van der Waals surface area contributed by atoms with Gasteiger partial charge in [-0.05, 0) is 26.0 Å². The van der Waals surface area contributed by atoms with E-state index in [-0.39, 0.29) is 0 Å². The molecule has 0 atom stereocenters. The third-order valence-corrected chi connectivity index (χ3v) is 2.65. The number of rotatable bonds is 5. The predicted molar refractivity (Wildman–Crippen MR) is 82.5 cm³/mol. The Morgan fingerprint density at radius 2 is 2.10 bits per heavy atom. The maximum atomic E-state index is 5.12. The van der Waals surface area contributed by atoms with Crippen molar-refractivity contribution in [2.24, 2.45) is 12.0 Å². The number of hydrogen-bond acceptors (Lipinski definition) is 3. The first-order chi connectivity index (χ1) is 9.49. The van der Waals surface area contributed by atoms with Crippen LogP contribution < -0.4 is 5.49 Å². The molecule has 0 amide bonds. The van der Waals surface area contributed by atoms with Gasteiger partial charge in [0, 0.05) is 30.7 Å². The van der Waals surface area contributed by atoms with Gasteiger partial charge < -0.3 is 9.30 Å². The van der Waals surface area contributed by atoms with Crippen molar-refractivity contribution < 1.29 is 4.74 Å². The Labute approximate surface area is 120 Å². The number of hydrogen-bond donors (Lipinski definition) is 0. The highest BCUT2D eigenvalue weighted by Gasteiger charge is 2.04. The molecule has 0 radical (unpaired) electrons. The van der Waals surface area contributed by atoms with Crippen molar-refractivity contribution in [1.82, 2.24) is 9.55 Å². The minimum atomic E-state index is 0.724. The van der Waals surface area contributed by atoms with Crippen molar-refractivity contribution in [1.29, 1.82) is 0 Å². The molecule has 0 aliphatic rings. The van der Waals surface area contributed by atoms with Gasteiger partial charge in [-0.25, -0.2) is 4.99 Å². The number of methoxy groups -OCH3 is 1. The summed E-state index contributed by atoms with van der Waals surface area (Å²) in [6, 6.07) is 0. The van der Waals surface area contributed by atoms with Gasteiger partial charge in [-0.15, -0.1) is 0 Å². The zero-order chi connectivity index (χ0) is 15.1. The molecule has 0 aliphatic heterocycles. The molecule has 1 aromatic heterocycles. The number of allylic oxidation sites excluding steroid dienone is 6. The summed E-state index contributed by atoms with van der Waals surface area (Å²) in [7, 11) is 3.56. The van der Waals surface area contributed by atoms with E-state index >= 15 is 0 Å². The van der Waals surface area contributed by atoms with E-state index in [2.05, 4.69) is 23.1 Å². The third-order valence-electron chi connectivity index (χ3n) is 2.65. The van der Waals surface area contributed by atoms with Crippen LogP contribution in [0.25, 0.3) is 5.57 Å². The first kappa shape index (κ1) is 15.7. The maximum Gasteiger partial charge on any atom is 0.159 e. The first-order valence-corrected chi connectivity index (χ1v) is 6.26. The van der Waals surface area contributed by atoms with Gasteiger partial charge in [-0.1, -0.05) is 19.2 Å². The molecule has 0 saturated heterocycles. The fourth-order valence-corrected chi connectivity index (χ4v) is 1.54. The lowest BCUT2D eigenvalue weighted by molar-refractivity contribution is 0.294. The molecule has 0 aliphatic carbocycles. The van der Waals surface area contributed by atoms with Crippen LogP contribution in [0, 0.1) is 0 Å². The van der Waals surface area contributed by atoms with E-state index < -0.39 is 0 Å². The standard InChI is InChI=1S/C16H21N3O/c1-7-14(9-8-13(4)20-6)15-16(18-12(2)3)19(5)11-10-17-15/h7-11H,1-2H2,3-6H3/b13-8+,14-9+,18-16?. The smallest absolute Gasteiger partial charge is 0.159 e. The summed E-state index contributed by atoms with van der Waals surface area (Å²) >= 11 is 0. The Bertz CT molecular complexity index is 633. The second kappa shape index (κ2) is 7.28. The number of aromatic nitrogens is 2. The monoisotopic (exact) mass is 271 g/mol. The molecular weight excluding hydrogens is 250 g/mol. The molecular formula is C16H21N3O. The van der Waals surface area contributed by atoms with Crippen LogP contribution >= 0.6 is 0 Å². The molecule has 1 aromatic rings. The summed E-state index contributed by atoms with van der Waals surface area (Å²) in [5.41, 5.74) is 3.10. The molecule has 0 bridgehead atoms. The summed E-state index contributed by atoms with van der Waals surface area (Å²) in [6.45, 7) is 11.4. The van der Waals surface area contributed by atoms with Crippen LogP contribution in [-0.4, -0.2) is 16.7 Å². The normalized spacial score (nSPS) is 13.3. The van der Waals surface area contributed by atoms with Crippen LogP contribution in [0.4, 0.5) is 0 Å². The SMILES string of the molecule is C=C/C(=C\C=C(/C)OC)c1nccn(C)c1=NC(=C)C. The number of ether oxygens (including phenoxy) is 1. The second-order valence-corrected chi connectivity index (χ2v) is 4.37. The van der Waals surface area contributed by atoms with Crippen LogP contribution in [0.2, 0.25) is 0 Å². The van der Waals surface area contributed by atoms with E-state index in [9.17, 15) is 0 Å². The van der Waals surface area contributed by atoms with Gasteiger partial charge >= 0.3 is 0 Å². The number of nitrogens with zero attached hydrogens (tertiary/aromatic N) is 3. The van der Waals surface area contributed by atoms with Gasteiger partial charge in [-0.3, -0.25) is 4.98 Å². The van der Waals surface area contributed by atoms with Crippen LogP contribution in [0.3, 0.4) is 0 Å². The maximum absolute atomic E-state index is 5.12. The van der Waals surface area contributed by atoms with Gasteiger partial charge in [-0.2, -0.15) is 0 Å². The Morgan fingerprint density at radius 1 is 1.40 bits per heavy atom. The fraction of sp³-hybridized carbons (Fsp3) is 0.250. The Hall–Kier alpha value is -2.36. The van der Waals surface area contributed by atoms with Gasteiger partial charge in [0.2, 0.25) is 0 Å². The highest BCUT2D eigenvalue weighted by atomic mass is 16.5. The van der Waals surface area contributed by atoms with Crippen molar-refractivity contribution in [3.8, 4) is 0 Å². The topological polar surface area (TPSA) is 39.4 Å². The summed E-state index contributed by atoms with van der Waals surface area (Å²) in [4.78, 5) is 8.84. The molecule has 20 heavy (non-hydrogen) atoms. The fourth-order valence-electron chi connectivity index (χ4n) is 1.54. The highest BCUT2D eigenvalue weighted by molar-refractivity contribution is 5.71. The largest absolute Gasteiger partial charge is 0.501 e. The summed E-state index contributed by atoms with van der Waals surface area (Å²) in [5.74, 6) is 0.808. The van der Waals surface area contributed by atoms with E-state index in [1.807, 2.05) is 43.8 Å². The number of aryl methyl sites for hydroxylation is 1. The van der Waals surface area contributed by atoms with Crippen molar-refractivity contribution in [2.75, 3.05) is 7.11 Å². The lowest BCUT2D eigenvalue weighted by Gasteiger charge is -2.06. The predicted octanol–water partition coefficient (Wildman–Crippen LogP) is 2.97. The molecule has 0 aromatic carbocycles. The quantitative estimate of drug-likeness (QED) is 0.610. The first-order valence-electron chi connectivity index (χ1n) is 6.26. The molecule has 0 saturated carbocycles. The molecule has 4 nitrogen and oxygen atoms in total. The van der Waals surface area contributed by atoms with E-state index in [1.54, 1.807) is 19.4 Å². The van der Waals surface area contributed by atoms with E-state index in [0.717, 1.165) is 28.2 Å². The molecule has 4 heteroatoms. The van der Waals surface area contributed by atoms with Crippen molar-refractivity contribution >= 4 is 5.57 Å². The van der Waals surface area contributed by atoms with Crippen LogP contribution in [0.1, 0.15) is 19.5 Å². The second-order valence-electron chi connectivity index (χ2n) is 4.37. The van der Waals surface area contributed by atoms with Crippen LogP contribution in [0.5, 0.6) is 0 Å². The van der Waals surface area contributed by atoms with Gasteiger partial charge in [0.05, 0.1) is 12.9 Å². The van der Waals surface area contributed by atoms with E-state index in [1.165, 1.54) is 0 Å². The molecule has 0 unspecified atom stereocenters. The van der Waals surface area contributed by atoms with Crippen LogP contribution in [-0.2, 0) is 11.8 Å². The molecule has 1 heterocycles. The highest BCUT2D eigenvalue weighted by Crippen LogP contribution is 2.10.